The second-order valence-corrected chi connectivity index (χ2v) is 8.93. The summed E-state index contributed by atoms with van der Waals surface area (Å²) in [4.78, 5) is 11.5. The molecule has 3 aliphatic rings. The van der Waals surface area contributed by atoms with Crippen LogP contribution in [-0.2, 0) is 0 Å². The number of rotatable bonds is 4. The molecule has 172 valence electrons. The predicted octanol–water partition coefficient (Wildman–Crippen LogP) is 4.77. The number of hydrogen-bond acceptors (Lipinski definition) is 6. The molecule has 2 aromatic carbocycles. The van der Waals surface area contributed by atoms with Gasteiger partial charge < -0.3 is 9.64 Å². The maximum absolute atomic E-state index is 13.5. The van der Waals surface area contributed by atoms with Crippen molar-refractivity contribution in [2.24, 2.45) is 9.98 Å². The highest BCUT2D eigenvalue weighted by atomic mass is 19.1. The lowest BCUT2D eigenvalue weighted by Crippen LogP contribution is -2.57. The normalized spacial score (nSPS) is 23.7. The van der Waals surface area contributed by atoms with Gasteiger partial charge in [0.1, 0.15) is 17.4 Å². The Bertz CT molecular complexity index is 1110. The number of piperidine rings is 1. The van der Waals surface area contributed by atoms with Gasteiger partial charge in [-0.05, 0) is 80.3 Å². The highest BCUT2D eigenvalue weighted by Crippen LogP contribution is 2.34. The molecule has 0 saturated carbocycles. The van der Waals surface area contributed by atoms with E-state index >= 15 is 0 Å². The van der Waals surface area contributed by atoms with Gasteiger partial charge in [-0.25, -0.2) is 4.39 Å². The first-order valence-corrected chi connectivity index (χ1v) is 11.6. The van der Waals surface area contributed by atoms with E-state index in [2.05, 4.69) is 58.0 Å². The summed E-state index contributed by atoms with van der Waals surface area (Å²) >= 11 is 0. The molecule has 3 heterocycles. The minimum atomic E-state index is -0.219. The Morgan fingerprint density at radius 2 is 1.94 bits per heavy atom. The van der Waals surface area contributed by atoms with Gasteiger partial charge in [0.15, 0.2) is 0 Å². The number of fused-ring (bicyclic) bond motifs is 1. The van der Waals surface area contributed by atoms with E-state index < -0.39 is 0 Å². The number of nitrogens with zero attached hydrogens (tertiary/aromatic N) is 5. The fourth-order valence-corrected chi connectivity index (χ4v) is 4.81. The first-order chi connectivity index (χ1) is 16.0. The van der Waals surface area contributed by atoms with Crippen LogP contribution in [0.4, 0.5) is 15.8 Å². The van der Waals surface area contributed by atoms with E-state index in [1.165, 1.54) is 17.7 Å². The van der Waals surface area contributed by atoms with Gasteiger partial charge in [-0.3, -0.25) is 20.0 Å². The molecule has 2 atom stereocenters. The van der Waals surface area contributed by atoms with Crippen molar-refractivity contribution in [1.29, 1.82) is 0 Å². The summed E-state index contributed by atoms with van der Waals surface area (Å²) in [6.07, 6.45) is 6.12. The Hall–Kier alpha value is -3.35. The van der Waals surface area contributed by atoms with Crippen LogP contribution in [-0.4, -0.2) is 56.0 Å². The molecule has 5 rings (SSSR count). The SMILES string of the molecule is COc1cc(/C=C2\CCCN3C2=NCC(C)N3c2ccc(F)cc2)ccc1N1C=NC(C)C1. The molecule has 0 amide bonds. The standard InChI is InChI=1S/C26H30FN5O/c1-18-16-30(17-29-18)24-11-6-20(14-25(24)33-3)13-21-5-4-12-31-26(21)28-15-19(2)32(31)23-9-7-22(27)8-10-23/h6-11,13-14,17-19H,4-5,12,15-16H2,1-3H3/b21-13+. The molecule has 1 saturated heterocycles. The Kier molecular flexibility index (Phi) is 5.79. The number of aliphatic imine (C=N–C) groups is 2. The van der Waals surface area contributed by atoms with Crippen molar-refractivity contribution in [3.05, 3.63) is 59.4 Å². The summed E-state index contributed by atoms with van der Waals surface area (Å²) in [5.41, 5.74) is 4.33. The fourth-order valence-electron chi connectivity index (χ4n) is 4.81. The van der Waals surface area contributed by atoms with E-state index in [9.17, 15) is 4.39 Å². The van der Waals surface area contributed by atoms with E-state index in [1.807, 2.05) is 18.5 Å². The molecule has 2 unspecified atom stereocenters. The van der Waals surface area contributed by atoms with Gasteiger partial charge in [-0.15, -0.1) is 0 Å². The second kappa shape index (κ2) is 8.89. The van der Waals surface area contributed by atoms with Crippen LogP contribution in [0.25, 0.3) is 6.08 Å². The van der Waals surface area contributed by atoms with E-state index in [0.717, 1.165) is 54.5 Å². The van der Waals surface area contributed by atoms with Gasteiger partial charge in [0.25, 0.3) is 0 Å². The third kappa shape index (κ3) is 4.19. The molecule has 3 aliphatic heterocycles. The molecule has 2 aromatic rings. The van der Waals surface area contributed by atoms with Gasteiger partial charge in [-0.2, -0.15) is 0 Å². The zero-order chi connectivity index (χ0) is 22.9. The molecule has 1 fully saturated rings. The van der Waals surface area contributed by atoms with E-state index in [4.69, 9.17) is 9.73 Å². The number of hydrazine groups is 1. The summed E-state index contributed by atoms with van der Waals surface area (Å²) < 4.78 is 19.2. The zero-order valence-electron chi connectivity index (χ0n) is 19.4. The average molecular weight is 448 g/mol. The van der Waals surface area contributed by atoms with Crippen molar-refractivity contribution in [3.63, 3.8) is 0 Å². The minimum absolute atomic E-state index is 0.211. The second-order valence-electron chi connectivity index (χ2n) is 8.93. The Morgan fingerprint density at radius 3 is 2.67 bits per heavy atom. The molecule has 33 heavy (non-hydrogen) atoms. The quantitative estimate of drug-likeness (QED) is 0.677. The Labute approximate surface area is 194 Å². The summed E-state index contributed by atoms with van der Waals surface area (Å²) in [5.74, 6) is 1.63. The van der Waals surface area contributed by atoms with Crippen LogP contribution in [0.15, 0.2) is 58.0 Å². The maximum atomic E-state index is 13.5. The molecule has 0 bridgehead atoms. The van der Waals surface area contributed by atoms with Crippen LogP contribution in [0.1, 0.15) is 32.3 Å². The van der Waals surface area contributed by atoms with Gasteiger partial charge >= 0.3 is 0 Å². The van der Waals surface area contributed by atoms with Gasteiger partial charge in [0, 0.05) is 13.1 Å². The first-order valence-electron chi connectivity index (χ1n) is 11.6. The smallest absolute Gasteiger partial charge is 0.145 e. The van der Waals surface area contributed by atoms with Crippen LogP contribution < -0.4 is 14.6 Å². The molecule has 0 radical (unpaired) electrons. The lowest BCUT2D eigenvalue weighted by atomic mass is 9.99. The lowest BCUT2D eigenvalue weighted by Gasteiger charge is -2.47. The lowest BCUT2D eigenvalue weighted by molar-refractivity contribution is 0.312. The largest absolute Gasteiger partial charge is 0.495 e. The van der Waals surface area contributed by atoms with Gasteiger partial charge in [0.2, 0.25) is 0 Å². The average Bonchev–Trinajstić information content (AvgIpc) is 3.26. The number of anilines is 2. The van der Waals surface area contributed by atoms with Crippen LogP contribution in [0, 0.1) is 5.82 Å². The van der Waals surface area contributed by atoms with E-state index in [1.54, 1.807) is 7.11 Å². The number of amidine groups is 1. The van der Waals surface area contributed by atoms with E-state index in [0.29, 0.717) is 12.6 Å². The molecular formula is C26H30FN5O. The number of ether oxygens (including phenoxy) is 1. The van der Waals surface area contributed by atoms with Crippen LogP contribution in [0.3, 0.4) is 0 Å². The van der Waals surface area contributed by atoms with Crippen molar-refractivity contribution < 1.29 is 9.13 Å². The number of hydrogen-bond donors (Lipinski definition) is 0. The summed E-state index contributed by atoms with van der Waals surface area (Å²) in [6.45, 7) is 6.73. The van der Waals surface area contributed by atoms with Crippen molar-refractivity contribution in [2.75, 3.05) is 36.7 Å². The number of methoxy groups -OCH3 is 1. The molecule has 6 nitrogen and oxygen atoms in total. The predicted molar refractivity (Wildman–Crippen MR) is 133 cm³/mol. The highest BCUT2D eigenvalue weighted by Gasteiger charge is 2.33. The summed E-state index contributed by atoms with van der Waals surface area (Å²) in [6, 6.07) is 13.6. The summed E-state index contributed by atoms with van der Waals surface area (Å²) in [7, 11) is 1.71. The monoisotopic (exact) mass is 447 g/mol. The molecular weight excluding hydrogens is 417 g/mol. The fraction of sp³-hybridized carbons (Fsp3) is 0.385. The third-order valence-corrected chi connectivity index (χ3v) is 6.40. The Morgan fingerprint density at radius 1 is 1.12 bits per heavy atom. The molecule has 0 N–H and O–H groups in total. The maximum Gasteiger partial charge on any atom is 0.145 e. The van der Waals surface area contributed by atoms with Crippen molar-refractivity contribution in [2.45, 2.75) is 38.8 Å². The van der Waals surface area contributed by atoms with Crippen LogP contribution in [0.5, 0.6) is 5.75 Å². The van der Waals surface area contributed by atoms with Gasteiger partial charge in [-0.1, -0.05) is 6.07 Å². The minimum Gasteiger partial charge on any atom is -0.495 e. The third-order valence-electron chi connectivity index (χ3n) is 6.40. The van der Waals surface area contributed by atoms with Gasteiger partial charge in [0.05, 0.1) is 43.5 Å². The molecule has 0 aromatic heterocycles. The van der Waals surface area contributed by atoms with Crippen molar-refractivity contribution in [3.8, 4) is 5.75 Å². The zero-order valence-corrected chi connectivity index (χ0v) is 19.4. The highest BCUT2D eigenvalue weighted by molar-refractivity contribution is 6.04. The summed E-state index contributed by atoms with van der Waals surface area (Å²) in [5, 5.41) is 4.51. The number of benzene rings is 2. The Balaban J connectivity index is 1.44. The number of halogens is 1. The van der Waals surface area contributed by atoms with E-state index in [-0.39, 0.29) is 11.9 Å². The van der Waals surface area contributed by atoms with Crippen LogP contribution >= 0.6 is 0 Å². The molecule has 7 heteroatoms. The van der Waals surface area contributed by atoms with Crippen molar-refractivity contribution >= 4 is 29.6 Å². The molecule has 0 aliphatic carbocycles. The first kappa shape index (κ1) is 21.5. The van der Waals surface area contributed by atoms with Crippen LogP contribution in [0.2, 0.25) is 0 Å². The van der Waals surface area contributed by atoms with Crippen molar-refractivity contribution in [1.82, 2.24) is 5.01 Å². The topological polar surface area (TPSA) is 43.7 Å². The molecule has 0 spiro atoms.